The molecule has 4 rings (SSSR count). The molecule has 1 aliphatic heterocycles. The van der Waals surface area contributed by atoms with E-state index < -0.39 is 0 Å². The van der Waals surface area contributed by atoms with E-state index in [1.54, 1.807) is 11.0 Å². The summed E-state index contributed by atoms with van der Waals surface area (Å²) in [6, 6.07) is 0. The highest BCUT2D eigenvalue weighted by atomic mass is 79.9. The van der Waals surface area contributed by atoms with Gasteiger partial charge in [0.1, 0.15) is 16.7 Å². The number of fused-ring (bicyclic) bond motifs is 2. The molecular weight excluding hydrogens is 318 g/mol. The number of rotatable bonds is 1. The van der Waals surface area contributed by atoms with Gasteiger partial charge < -0.3 is 4.90 Å². The predicted molar refractivity (Wildman–Crippen MR) is 81.6 cm³/mol. The Morgan fingerprint density at radius 3 is 2.55 bits per heavy atom. The maximum Gasteiger partial charge on any atom is 0.164 e. The van der Waals surface area contributed by atoms with Crippen LogP contribution < -0.4 is 4.90 Å². The van der Waals surface area contributed by atoms with Gasteiger partial charge in [0, 0.05) is 20.1 Å². The molecule has 1 saturated heterocycles. The third kappa shape index (κ3) is 1.78. The van der Waals surface area contributed by atoms with Crippen LogP contribution in [-0.4, -0.2) is 32.8 Å². The van der Waals surface area contributed by atoms with Crippen LogP contribution in [0.25, 0.3) is 11.0 Å². The minimum atomic E-state index is 0.764. The Morgan fingerprint density at radius 2 is 1.85 bits per heavy atom. The number of halogens is 1. The quantitative estimate of drug-likeness (QED) is 0.752. The molecule has 2 atom stereocenters. The Morgan fingerprint density at radius 1 is 1.15 bits per heavy atom. The molecule has 104 valence electrons. The fraction of sp³-hybridized carbons (Fsp3) is 0.500. The van der Waals surface area contributed by atoms with Crippen LogP contribution in [0.15, 0.2) is 23.1 Å². The molecule has 0 bridgehead atoms. The molecule has 0 spiro atoms. The van der Waals surface area contributed by atoms with Crippen molar-refractivity contribution in [1.82, 2.24) is 19.7 Å². The van der Waals surface area contributed by atoms with Gasteiger partial charge >= 0.3 is 0 Å². The topological polar surface area (TPSA) is 46.8 Å². The lowest BCUT2D eigenvalue weighted by Gasteiger charge is -2.17. The van der Waals surface area contributed by atoms with Crippen molar-refractivity contribution in [2.45, 2.75) is 12.8 Å². The summed E-state index contributed by atoms with van der Waals surface area (Å²) in [5.41, 5.74) is 0.884. The predicted octanol–water partition coefficient (Wildman–Crippen LogP) is 2.53. The second-order valence-corrected chi connectivity index (χ2v) is 6.43. The molecule has 0 N–H and O–H groups in total. The van der Waals surface area contributed by atoms with Gasteiger partial charge in [-0.3, -0.25) is 0 Å². The smallest absolute Gasteiger partial charge is 0.164 e. The van der Waals surface area contributed by atoms with Crippen molar-refractivity contribution < 1.29 is 0 Å². The van der Waals surface area contributed by atoms with Gasteiger partial charge in [-0.1, -0.05) is 12.2 Å². The van der Waals surface area contributed by atoms with Gasteiger partial charge in [-0.15, -0.1) is 0 Å². The van der Waals surface area contributed by atoms with Crippen LogP contribution in [0.1, 0.15) is 12.8 Å². The molecule has 20 heavy (non-hydrogen) atoms. The summed E-state index contributed by atoms with van der Waals surface area (Å²) >= 11 is 3.54. The Hall–Kier alpha value is -1.43. The number of nitrogens with zero attached hydrogens (tertiary/aromatic N) is 5. The Labute approximate surface area is 125 Å². The van der Waals surface area contributed by atoms with Crippen LogP contribution in [0, 0.1) is 11.8 Å². The van der Waals surface area contributed by atoms with Crippen molar-refractivity contribution in [2.24, 2.45) is 18.9 Å². The van der Waals surface area contributed by atoms with Gasteiger partial charge in [0.25, 0.3) is 0 Å². The summed E-state index contributed by atoms with van der Waals surface area (Å²) in [5.74, 6) is 2.55. The SMILES string of the molecule is Cn1nc(Br)c2c(N3CC4CC=CCC4C3)ncnc21. The van der Waals surface area contributed by atoms with E-state index in [-0.39, 0.29) is 0 Å². The summed E-state index contributed by atoms with van der Waals surface area (Å²) in [7, 11) is 1.91. The number of aromatic nitrogens is 4. The number of anilines is 1. The standard InChI is InChI=1S/C14H16BrN5/c1-19-13-11(12(15)18-19)14(17-8-16-13)20-6-9-4-2-3-5-10(9)7-20/h2-3,8-10H,4-7H2,1H3. The van der Waals surface area contributed by atoms with E-state index in [1.807, 2.05) is 7.05 Å². The summed E-state index contributed by atoms with van der Waals surface area (Å²) in [4.78, 5) is 11.3. The van der Waals surface area contributed by atoms with Crippen LogP contribution in [0.3, 0.4) is 0 Å². The molecule has 0 radical (unpaired) electrons. The molecule has 2 aromatic heterocycles. The highest BCUT2D eigenvalue weighted by Crippen LogP contribution is 2.38. The van der Waals surface area contributed by atoms with Crippen LogP contribution in [0.4, 0.5) is 5.82 Å². The second-order valence-electron chi connectivity index (χ2n) is 5.68. The first-order chi connectivity index (χ1) is 9.74. The molecule has 5 nitrogen and oxygen atoms in total. The average Bonchev–Trinajstić information content (AvgIpc) is 3.01. The summed E-state index contributed by atoms with van der Waals surface area (Å²) < 4.78 is 2.63. The van der Waals surface area contributed by atoms with E-state index in [1.165, 1.54) is 12.8 Å². The first-order valence-corrected chi connectivity index (χ1v) is 7.76. The molecule has 2 aliphatic rings. The average molecular weight is 334 g/mol. The van der Waals surface area contributed by atoms with E-state index in [0.717, 1.165) is 46.4 Å². The van der Waals surface area contributed by atoms with E-state index in [4.69, 9.17) is 0 Å². The molecule has 0 amide bonds. The van der Waals surface area contributed by atoms with Gasteiger partial charge in [0.2, 0.25) is 0 Å². The molecule has 2 aromatic rings. The minimum Gasteiger partial charge on any atom is -0.355 e. The molecule has 2 unspecified atom stereocenters. The molecule has 6 heteroatoms. The largest absolute Gasteiger partial charge is 0.355 e. The van der Waals surface area contributed by atoms with Crippen molar-refractivity contribution in [3.05, 3.63) is 23.1 Å². The zero-order chi connectivity index (χ0) is 13.7. The van der Waals surface area contributed by atoms with Gasteiger partial charge in [-0.25, -0.2) is 14.6 Å². The lowest BCUT2D eigenvalue weighted by atomic mass is 9.86. The maximum absolute atomic E-state index is 4.53. The van der Waals surface area contributed by atoms with E-state index >= 15 is 0 Å². The number of aryl methyl sites for hydroxylation is 1. The van der Waals surface area contributed by atoms with E-state index in [2.05, 4.69) is 48.0 Å². The van der Waals surface area contributed by atoms with Gasteiger partial charge in [0.15, 0.2) is 5.65 Å². The van der Waals surface area contributed by atoms with Crippen molar-refractivity contribution in [2.75, 3.05) is 18.0 Å². The van der Waals surface area contributed by atoms with Gasteiger partial charge in [0.05, 0.1) is 5.39 Å². The molecule has 1 aliphatic carbocycles. The van der Waals surface area contributed by atoms with Crippen molar-refractivity contribution in [3.63, 3.8) is 0 Å². The Bertz CT molecular complexity index is 676. The molecular formula is C14H16BrN5. The van der Waals surface area contributed by atoms with Gasteiger partial charge in [-0.05, 0) is 40.6 Å². The number of hydrogen-bond donors (Lipinski definition) is 0. The molecule has 1 fully saturated rings. The van der Waals surface area contributed by atoms with Crippen LogP contribution >= 0.6 is 15.9 Å². The molecule has 3 heterocycles. The molecule has 0 aromatic carbocycles. The zero-order valence-electron chi connectivity index (χ0n) is 11.3. The number of allylic oxidation sites excluding steroid dienone is 2. The summed E-state index contributed by atoms with van der Waals surface area (Å²) in [5, 5.41) is 5.43. The van der Waals surface area contributed by atoms with Crippen molar-refractivity contribution in [1.29, 1.82) is 0 Å². The third-order valence-corrected chi connectivity index (χ3v) is 5.03. The lowest BCUT2D eigenvalue weighted by molar-refractivity contribution is 0.411. The lowest BCUT2D eigenvalue weighted by Crippen LogP contribution is -2.21. The van der Waals surface area contributed by atoms with Crippen molar-refractivity contribution in [3.8, 4) is 0 Å². The van der Waals surface area contributed by atoms with Gasteiger partial charge in [-0.2, -0.15) is 5.10 Å². The first-order valence-electron chi connectivity index (χ1n) is 6.97. The van der Waals surface area contributed by atoms with Crippen molar-refractivity contribution >= 4 is 32.8 Å². The van der Waals surface area contributed by atoms with E-state index in [0.29, 0.717) is 0 Å². The maximum atomic E-state index is 4.53. The second kappa shape index (κ2) is 4.55. The minimum absolute atomic E-state index is 0.764. The Kier molecular flexibility index (Phi) is 2.80. The van der Waals surface area contributed by atoms with Crippen LogP contribution in [0.2, 0.25) is 0 Å². The Balaban J connectivity index is 1.76. The fourth-order valence-corrected chi connectivity index (χ4v) is 4.05. The monoisotopic (exact) mass is 333 g/mol. The zero-order valence-corrected chi connectivity index (χ0v) is 12.9. The summed E-state index contributed by atoms with van der Waals surface area (Å²) in [6.45, 7) is 2.17. The van der Waals surface area contributed by atoms with E-state index in [9.17, 15) is 0 Å². The first kappa shape index (κ1) is 12.3. The van der Waals surface area contributed by atoms with Crippen LogP contribution in [-0.2, 0) is 7.05 Å². The fourth-order valence-electron chi connectivity index (χ4n) is 3.45. The highest BCUT2D eigenvalue weighted by molar-refractivity contribution is 9.10. The molecule has 0 saturated carbocycles. The normalized spacial score (nSPS) is 25.4. The summed E-state index contributed by atoms with van der Waals surface area (Å²) in [6.07, 6.45) is 8.68. The van der Waals surface area contributed by atoms with Crippen LogP contribution in [0.5, 0.6) is 0 Å². The number of hydrogen-bond acceptors (Lipinski definition) is 4. The third-order valence-electron chi connectivity index (χ3n) is 4.48. The highest BCUT2D eigenvalue weighted by Gasteiger charge is 2.34.